The standard InChI is InChI=1S/C17H27NO/c1-3-14-8-7-10-16(12-14)18-17-11-6-5-9-15(17)13-19-4-2/h5-6,9,11,14,16,18H,3-4,7-8,10,12-13H2,1-2H3. The molecule has 0 bridgehead atoms. The molecule has 19 heavy (non-hydrogen) atoms. The molecule has 1 fully saturated rings. The molecule has 1 aliphatic rings. The minimum atomic E-state index is 0.640. The van der Waals surface area contributed by atoms with Crippen LogP contribution in [0, 0.1) is 5.92 Å². The predicted octanol–water partition coefficient (Wildman–Crippen LogP) is 4.60. The largest absolute Gasteiger partial charge is 0.382 e. The van der Waals surface area contributed by atoms with E-state index < -0.39 is 0 Å². The Kier molecular flexibility index (Phi) is 5.71. The normalized spacial score (nSPS) is 23.3. The van der Waals surface area contributed by atoms with E-state index in [0.717, 1.165) is 12.5 Å². The summed E-state index contributed by atoms with van der Waals surface area (Å²) in [5, 5.41) is 3.74. The van der Waals surface area contributed by atoms with Gasteiger partial charge in [0, 0.05) is 23.9 Å². The maximum atomic E-state index is 5.55. The van der Waals surface area contributed by atoms with Crippen molar-refractivity contribution in [1.29, 1.82) is 0 Å². The lowest BCUT2D eigenvalue weighted by molar-refractivity contribution is 0.134. The highest BCUT2D eigenvalue weighted by Crippen LogP contribution is 2.29. The second kappa shape index (κ2) is 7.54. The van der Waals surface area contributed by atoms with Crippen molar-refractivity contribution >= 4 is 5.69 Å². The molecule has 1 aromatic carbocycles. The molecule has 1 saturated carbocycles. The zero-order valence-corrected chi connectivity index (χ0v) is 12.3. The minimum Gasteiger partial charge on any atom is -0.382 e. The Balaban J connectivity index is 1.97. The number of nitrogens with one attached hydrogen (secondary N) is 1. The smallest absolute Gasteiger partial charge is 0.0736 e. The maximum absolute atomic E-state index is 5.55. The molecule has 1 N–H and O–H groups in total. The Morgan fingerprint density at radius 1 is 1.21 bits per heavy atom. The molecule has 1 aromatic rings. The molecule has 1 aliphatic carbocycles. The van der Waals surface area contributed by atoms with Gasteiger partial charge in [-0.05, 0) is 31.7 Å². The first kappa shape index (κ1) is 14.4. The van der Waals surface area contributed by atoms with Crippen LogP contribution in [0.25, 0.3) is 0 Å². The SMILES string of the molecule is CCOCc1ccccc1NC1CCCC(CC)C1. The number of hydrogen-bond donors (Lipinski definition) is 1. The van der Waals surface area contributed by atoms with Gasteiger partial charge in [-0.15, -0.1) is 0 Å². The first-order chi connectivity index (χ1) is 9.33. The predicted molar refractivity (Wildman–Crippen MR) is 81.4 cm³/mol. The third-order valence-corrected chi connectivity index (χ3v) is 4.20. The summed E-state index contributed by atoms with van der Waals surface area (Å²) in [6.45, 7) is 5.85. The van der Waals surface area contributed by atoms with Crippen LogP contribution in [-0.4, -0.2) is 12.6 Å². The van der Waals surface area contributed by atoms with E-state index in [0.29, 0.717) is 12.6 Å². The Labute approximate surface area is 117 Å². The van der Waals surface area contributed by atoms with E-state index in [1.807, 2.05) is 6.92 Å². The summed E-state index contributed by atoms with van der Waals surface area (Å²) in [5.74, 6) is 0.908. The van der Waals surface area contributed by atoms with E-state index in [4.69, 9.17) is 4.74 Å². The average molecular weight is 261 g/mol. The molecule has 106 valence electrons. The van der Waals surface area contributed by atoms with E-state index in [9.17, 15) is 0 Å². The van der Waals surface area contributed by atoms with Gasteiger partial charge in [0.1, 0.15) is 0 Å². The number of rotatable bonds is 6. The van der Waals surface area contributed by atoms with Crippen molar-refractivity contribution in [3.05, 3.63) is 29.8 Å². The summed E-state index contributed by atoms with van der Waals surface area (Å²) in [5.41, 5.74) is 2.54. The molecule has 2 nitrogen and oxygen atoms in total. The topological polar surface area (TPSA) is 21.3 Å². The Bertz CT molecular complexity index is 377. The van der Waals surface area contributed by atoms with Gasteiger partial charge in [-0.2, -0.15) is 0 Å². The van der Waals surface area contributed by atoms with Crippen LogP contribution >= 0.6 is 0 Å². The van der Waals surface area contributed by atoms with Gasteiger partial charge < -0.3 is 10.1 Å². The van der Waals surface area contributed by atoms with Crippen LogP contribution in [0.1, 0.15) is 51.5 Å². The van der Waals surface area contributed by atoms with Crippen molar-refractivity contribution in [2.75, 3.05) is 11.9 Å². The van der Waals surface area contributed by atoms with Crippen LogP contribution in [0.5, 0.6) is 0 Å². The lowest BCUT2D eigenvalue weighted by atomic mass is 9.84. The van der Waals surface area contributed by atoms with Gasteiger partial charge in [0.05, 0.1) is 6.61 Å². The van der Waals surface area contributed by atoms with Crippen LogP contribution in [-0.2, 0) is 11.3 Å². The quantitative estimate of drug-likeness (QED) is 0.807. The van der Waals surface area contributed by atoms with Gasteiger partial charge in [0.2, 0.25) is 0 Å². The summed E-state index contributed by atoms with van der Waals surface area (Å²) < 4.78 is 5.55. The van der Waals surface area contributed by atoms with E-state index in [1.54, 1.807) is 0 Å². The molecule has 2 atom stereocenters. The molecule has 0 heterocycles. The van der Waals surface area contributed by atoms with Crippen molar-refractivity contribution in [2.45, 2.75) is 58.6 Å². The summed E-state index contributed by atoms with van der Waals surface area (Å²) >= 11 is 0. The van der Waals surface area contributed by atoms with Crippen LogP contribution in [0.4, 0.5) is 5.69 Å². The van der Waals surface area contributed by atoms with Crippen molar-refractivity contribution in [3.63, 3.8) is 0 Å². The zero-order valence-electron chi connectivity index (χ0n) is 12.3. The van der Waals surface area contributed by atoms with Crippen LogP contribution < -0.4 is 5.32 Å². The molecule has 0 spiro atoms. The summed E-state index contributed by atoms with van der Waals surface area (Å²) in [6, 6.07) is 9.19. The number of para-hydroxylation sites is 1. The van der Waals surface area contributed by atoms with E-state index in [-0.39, 0.29) is 0 Å². The van der Waals surface area contributed by atoms with Crippen molar-refractivity contribution in [3.8, 4) is 0 Å². The van der Waals surface area contributed by atoms with Gasteiger partial charge in [-0.25, -0.2) is 0 Å². The lowest BCUT2D eigenvalue weighted by Crippen LogP contribution is -2.27. The zero-order chi connectivity index (χ0) is 13.5. The summed E-state index contributed by atoms with van der Waals surface area (Å²) in [4.78, 5) is 0. The van der Waals surface area contributed by atoms with Crippen molar-refractivity contribution < 1.29 is 4.74 Å². The van der Waals surface area contributed by atoms with E-state index in [1.165, 1.54) is 43.4 Å². The van der Waals surface area contributed by atoms with Gasteiger partial charge in [-0.1, -0.05) is 44.4 Å². The molecule has 0 aliphatic heterocycles. The fourth-order valence-corrected chi connectivity index (χ4v) is 3.01. The number of ether oxygens (including phenoxy) is 1. The van der Waals surface area contributed by atoms with Crippen LogP contribution in [0.3, 0.4) is 0 Å². The fraction of sp³-hybridized carbons (Fsp3) is 0.647. The Morgan fingerprint density at radius 3 is 2.84 bits per heavy atom. The number of benzene rings is 1. The minimum absolute atomic E-state index is 0.640. The maximum Gasteiger partial charge on any atom is 0.0736 e. The van der Waals surface area contributed by atoms with Gasteiger partial charge >= 0.3 is 0 Å². The summed E-state index contributed by atoms with van der Waals surface area (Å²) in [7, 11) is 0. The highest BCUT2D eigenvalue weighted by atomic mass is 16.5. The molecule has 0 radical (unpaired) electrons. The Hall–Kier alpha value is -1.02. The lowest BCUT2D eigenvalue weighted by Gasteiger charge is -2.30. The third kappa shape index (κ3) is 4.24. The number of anilines is 1. The van der Waals surface area contributed by atoms with Gasteiger partial charge in [0.25, 0.3) is 0 Å². The van der Waals surface area contributed by atoms with Crippen molar-refractivity contribution in [2.24, 2.45) is 5.92 Å². The molecule has 0 amide bonds. The number of hydrogen-bond acceptors (Lipinski definition) is 2. The molecule has 2 unspecified atom stereocenters. The highest BCUT2D eigenvalue weighted by Gasteiger charge is 2.20. The van der Waals surface area contributed by atoms with E-state index in [2.05, 4.69) is 36.5 Å². The highest BCUT2D eigenvalue weighted by molar-refractivity contribution is 5.51. The fourth-order valence-electron chi connectivity index (χ4n) is 3.01. The van der Waals surface area contributed by atoms with Gasteiger partial charge in [-0.3, -0.25) is 0 Å². The summed E-state index contributed by atoms with van der Waals surface area (Å²) in [6.07, 6.45) is 6.72. The molecular weight excluding hydrogens is 234 g/mol. The Morgan fingerprint density at radius 2 is 2.05 bits per heavy atom. The third-order valence-electron chi connectivity index (χ3n) is 4.20. The first-order valence-electron chi connectivity index (χ1n) is 7.75. The van der Waals surface area contributed by atoms with Crippen LogP contribution in [0.2, 0.25) is 0 Å². The second-order valence-electron chi connectivity index (χ2n) is 5.58. The first-order valence-corrected chi connectivity index (χ1v) is 7.75. The second-order valence-corrected chi connectivity index (χ2v) is 5.58. The van der Waals surface area contributed by atoms with E-state index >= 15 is 0 Å². The molecule has 2 heteroatoms. The van der Waals surface area contributed by atoms with Crippen molar-refractivity contribution in [1.82, 2.24) is 0 Å². The molecule has 2 rings (SSSR count). The monoisotopic (exact) mass is 261 g/mol. The molecule has 0 saturated heterocycles. The average Bonchev–Trinajstić information content (AvgIpc) is 2.46. The van der Waals surface area contributed by atoms with Gasteiger partial charge in [0.15, 0.2) is 0 Å². The molecule has 0 aromatic heterocycles. The molecular formula is C17H27NO. The van der Waals surface area contributed by atoms with Crippen LogP contribution in [0.15, 0.2) is 24.3 Å².